The molecule has 90 valence electrons. The highest BCUT2D eigenvalue weighted by molar-refractivity contribution is 7.10. The summed E-state index contributed by atoms with van der Waals surface area (Å²) in [5, 5.41) is 5.36. The molecule has 1 aromatic rings. The van der Waals surface area contributed by atoms with E-state index >= 15 is 0 Å². The van der Waals surface area contributed by atoms with Crippen LogP contribution in [-0.2, 0) is 16.1 Å². The molecule has 0 spiro atoms. The van der Waals surface area contributed by atoms with Gasteiger partial charge in [0, 0.05) is 18.0 Å². The van der Waals surface area contributed by atoms with Gasteiger partial charge in [0.1, 0.15) is 0 Å². The standard InChI is InChI=1S/C12H19NO2S/c1-4-15-12(14)10(3)7-13-8-11-9(2)5-6-16-11/h5-6,10,13H,4,7-8H2,1-3H3. The van der Waals surface area contributed by atoms with Crippen LogP contribution in [0.3, 0.4) is 0 Å². The zero-order chi connectivity index (χ0) is 12.0. The second-order valence-electron chi connectivity index (χ2n) is 3.81. The third kappa shape index (κ3) is 3.94. The van der Waals surface area contributed by atoms with Crippen LogP contribution in [0.25, 0.3) is 0 Å². The molecule has 0 saturated carbocycles. The number of hydrogen-bond donors (Lipinski definition) is 1. The molecule has 0 aliphatic rings. The average Bonchev–Trinajstić information content (AvgIpc) is 2.65. The van der Waals surface area contributed by atoms with E-state index in [-0.39, 0.29) is 11.9 Å². The molecular weight excluding hydrogens is 222 g/mol. The summed E-state index contributed by atoms with van der Waals surface area (Å²) in [6, 6.07) is 2.11. The Bertz CT molecular complexity index is 336. The molecule has 1 N–H and O–H groups in total. The predicted octanol–water partition coefficient (Wildman–Crippen LogP) is 2.35. The van der Waals surface area contributed by atoms with Gasteiger partial charge in [0.05, 0.1) is 12.5 Å². The lowest BCUT2D eigenvalue weighted by Crippen LogP contribution is -2.27. The number of nitrogens with one attached hydrogen (secondary N) is 1. The van der Waals surface area contributed by atoms with Crippen LogP contribution in [0, 0.1) is 12.8 Å². The highest BCUT2D eigenvalue weighted by Gasteiger charge is 2.13. The van der Waals surface area contributed by atoms with Crippen molar-refractivity contribution in [2.24, 2.45) is 5.92 Å². The average molecular weight is 241 g/mol. The van der Waals surface area contributed by atoms with Crippen molar-refractivity contribution in [2.45, 2.75) is 27.3 Å². The van der Waals surface area contributed by atoms with E-state index in [0.717, 1.165) is 6.54 Å². The number of hydrogen-bond acceptors (Lipinski definition) is 4. The van der Waals surface area contributed by atoms with E-state index in [0.29, 0.717) is 13.2 Å². The summed E-state index contributed by atoms with van der Waals surface area (Å²) in [7, 11) is 0. The van der Waals surface area contributed by atoms with Crippen molar-refractivity contribution in [1.29, 1.82) is 0 Å². The first-order valence-electron chi connectivity index (χ1n) is 5.55. The Morgan fingerprint density at radius 2 is 2.38 bits per heavy atom. The van der Waals surface area contributed by atoms with E-state index in [2.05, 4.69) is 23.7 Å². The van der Waals surface area contributed by atoms with Crippen molar-refractivity contribution < 1.29 is 9.53 Å². The summed E-state index contributed by atoms with van der Waals surface area (Å²) >= 11 is 1.74. The largest absolute Gasteiger partial charge is 0.466 e. The van der Waals surface area contributed by atoms with Crippen LogP contribution in [-0.4, -0.2) is 19.1 Å². The fourth-order valence-electron chi connectivity index (χ4n) is 1.36. The molecule has 1 heterocycles. The van der Waals surface area contributed by atoms with Crippen molar-refractivity contribution in [2.75, 3.05) is 13.2 Å². The molecule has 0 fully saturated rings. The molecule has 0 radical (unpaired) electrons. The molecule has 0 amide bonds. The van der Waals surface area contributed by atoms with Crippen LogP contribution in [0.4, 0.5) is 0 Å². The molecule has 16 heavy (non-hydrogen) atoms. The molecule has 0 aliphatic heterocycles. The highest BCUT2D eigenvalue weighted by atomic mass is 32.1. The monoisotopic (exact) mass is 241 g/mol. The van der Waals surface area contributed by atoms with Crippen LogP contribution in [0.1, 0.15) is 24.3 Å². The first kappa shape index (κ1) is 13.2. The minimum atomic E-state index is -0.127. The van der Waals surface area contributed by atoms with Gasteiger partial charge in [-0.2, -0.15) is 0 Å². The first-order valence-corrected chi connectivity index (χ1v) is 6.43. The van der Waals surface area contributed by atoms with Crippen LogP contribution in [0.5, 0.6) is 0 Å². The zero-order valence-corrected chi connectivity index (χ0v) is 10.9. The fourth-order valence-corrected chi connectivity index (χ4v) is 2.23. The van der Waals surface area contributed by atoms with E-state index in [4.69, 9.17) is 4.74 Å². The lowest BCUT2D eigenvalue weighted by atomic mass is 10.2. The van der Waals surface area contributed by atoms with Crippen molar-refractivity contribution in [3.8, 4) is 0 Å². The van der Waals surface area contributed by atoms with Gasteiger partial charge >= 0.3 is 5.97 Å². The van der Waals surface area contributed by atoms with Gasteiger partial charge in [0.25, 0.3) is 0 Å². The third-order valence-electron chi connectivity index (χ3n) is 2.39. The van der Waals surface area contributed by atoms with Crippen LogP contribution in [0.15, 0.2) is 11.4 Å². The molecule has 0 aliphatic carbocycles. The maximum absolute atomic E-state index is 11.3. The SMILES string of the molecule is CCOC(=O)C(C)CNCc1sccc1C. The first-order chi connectivity index (χ1) is 7.65. The molecule has 4 heteroatoms. The summed E-state index contributed by atoms with van der Waals surface area (Å²) in [5.74, 6) is -0.210. The molecular formula is C12H19NO2S. The smallest absolute Gasteiger partial charge is 0.309 e. The molecule has 3 nitrogen and oxygen atoms in total. The Labute approximate surface area is 101 Å². The van der Waals surface area contributed by atoms with Crippen LogP contribution in [0.2, 0.25) is 0 Å². The lowest BCUT2D eigenvalue weighted by molar-refractivity contribution is -0.147. The normalized spacial score (nSPS) is 12.4. The number of carbonyl (C=O) groups excluding carboxylic acids is 1. The van der Waals surface area contributed by atoms with Crippen LogP contribution >= 0.6 is 11.3 Å². The van der Waals surface area contributed by atoms with Crippen molar-refractivity contribution in [3.63, 3.8) is 0 Å². The zero-order valence-electron chi connectivity index (χ0n) is 10.1. The van der Waals surface area contributed by atoms with Gasteiger partial charge in [0.2, 0.25) is 0 Å². The number of esters is 1. The summed E-state index contributed by atoms with van der Waals surface area (Å²) < 4.78 is 4.94. The van der Waals surface area contributed by atoms with Gasteiger partial charge in [0.15, 0.2) is 0 Å². The second kappa shape index (κ2) is 6.66. The minimum absolute atomic E-state index is 0.0831. The van der Waals surface area contributed by atoms with Gasteiger partial charge in [-0.05, 0) is 30.9 Å². The maximum atomic E-state index is 11.3. The molecule has 0 bridgehead atoms. The van der Waals surface area contributed by atoms with E-state index in [1.54, 1.807) is 11.3 Å². The summed E-state index contributed by atoms with van der Waals surface area (Å²) in [5.41, 5.74) is 1.31. The fraction of sp³-hybridized carbons (Fsp3) is 0.583. The Balaban J connectivity index is 2.25. The van der Waals surface area contributed by atoms with Gasteiger partial charge in [-0.1, -0.05) is 6.92 Å². The maximum Gasteiger partial charge on any atom is 0.309 e. The molecule has 1 rings (SSSR count). The number of thiophene rings is 1. The van der Waals surface area contributed by atoms with E-state index in [1.165, 1.54) is 10.4 Å². The molecule has 1 atom stereocenters. The topological polar surface area (TPSA) is 38.3 Å². The third-order valence-corrected chi connectivity index (χ3v) is 3.42. The molecule has 0 aromatic carbocycles. The quantitative estimate of drug-likeness (QED) is 0.777. The Kier molecular flexibility index (Phi) is 5.49. The summed E-state index contributed by atoms with van der Waals surface area (Å²) in [6.45, 7) is 7.75. The van der Waals surface area contributed by atoms with Gasteiger partial charge in [-0.25, -0.2) is 0 Å². The summed E-state index contributed by atoms with van der Waals surface area (Å²) in [6.07, 6.45) is 0. The van der Waals surface area contributed by atoms with Gasteiger partial charge in [-0.15, -0.1) is 11.3 Å². The van der Waals surface area contributed by atoms with E-state index < -0.39 is 0 Å². The highest BCUT2D eigenvalue weighted by Crippen LogP contribution is 2.14. The lowest BCUT2D eigenvalue weighted by Gasteiger charge is -2.11. The Morgan fingerprint density at radius 3 is 2.94 bits per heavy atom. The van der Waals surface area contributed by atoms with Crippen LogP contribution < -0.4 is 5.32 Å². The number of rotatable bonds is 6. The summed E-state index contributed by atoms with van der Waals surface area (Å²) in [4.78, 5) is 12.7. The van der Waals surface area contributed by atoms with Gasteiger partial charge < -0.3 is 10.1 Å². The molecule has 0 saturated heterocycles. The molecule has 1 unspecified atom stereocenters. The van der Waals surface area contributed by atoms with E-state index in [9.17, 15) is 4.79 Å². The predicted molar refractivity (Wildman–Crippen MR) is 66.6 cm³/mol. The molecule has 1 aromatic heterocycles. The van der Waals surface area contributed by atoms with E-state index in [1.807, 2.05) is 13.8 Å². The van der Waals surface area contributed by atoms with Crippen molar-refractivity contribution in [3.05, 3.63) is 21.9 Å². The second-order valence-corrected chi connectivity index (χ2v) is 4.81. The Hall–Kier alpha value is -0.870. The van der Waals surface area contributed by atoms with Gasteiger partial charge in [-0.3, -0.25) is 4.79 Å². The number of carbonyl (C=O) groups is 1. The minimum Gasteiger partial charge on any atom is -0.466 e. The number of ether oxygens (including phenoxy) is 1. The van der Waals surface area contributed by atoms with Crippen molar-refractivity contribution >= 4 is 17.3 Å². The number of aryl methyl sites for hydroxylation is 1. The Morgan fingerprint density at radius 1 is 1.62 bits per heavy atom. The van der Waals surface area contributed by atoms with Crippen molar-refractivity contribution in [1.82, 2.24) is 5.32 Å².